The molecular weight excluding hydrogens is 220 g/mol. The van der Waals surface area contributed by atoms with Gasteiger partial charge in [-0.2, -0.15) is 0 Å². The highest BCUT2D eigenvalue weighted by Crippen LogP contribution is 2.18. The second-order valence-corrected chi connectivity index (χ2v) is 4.77. The number of likely N-dealkylation sites (tertiary alicyclic amines) is 1. The predicted octanol–water partition coefficient (Wildman–Crippen LogP) is -0.218. The molecule has 2 heterocycles. The third-order valence-corrected chi connectivity index (χ3v) is 3.43. The number of amides is 2. The van der Waals surface area contributed by atoms with Gasteiger partial charge in [0, 0.05) is 19.0 Å². The summed E-state index contributed by atoms with van der Waals surface area (Å²) in [6, 6.07) is 0.117. The Bertz CT molecular complexity index is 337. The van der Waals surface area contributed by atoms with Crippen LogP contribution in [0.1, 0.15) is 6.92 Å². The first-order valence-electron chi connectivity index (χ1n) is 5.91. The molecule has 2 saturated heterocycles. The topological polar surface area (TPSA) is 58.6 Å². The molecule has 2 amide bonds. The molecule has 0 aromatic carbocycles. The van der Waals surface area contributed by atoms with Gasteiger partial charge in [-0.15, -0.1) is 0 Å². The lowest BCUT2D eigenvalue weighted by atomic mass is 9.97. The van der Waals surface area contributed by atoms with Crippen LogP contribution in [0.2, 0.25) is 0 Å². The van der Waals surface area contributed by atoms with Gasteiger partial charge in [0.1, 0.15) is 0 Å². The molecule has 0 spiro atoms. The van der Waals surface area contributed by atoms with Crippen molar-refractivity contribution in [3.8, 4) is 0 Å². The Morgan fingerprint density at radius 2 is 2.12 bits per heavy atom. The van der Waals surface area contributed by atoms with Crippen LogP contribution < -0.4 is 5.32 Å². The maximum absolute atomic E-state index is 11.9. The Balaban J connectivity index is 1.75. The minimum atomic E-state index is -0.105. The molecule has 2 unspecified atom stereocenters. The zero-order valence-electron chi connectivity index (χ0n) is 10.0. The summed E-state index contributed by atoms with van der Waals surface area (Å²) in [6.45, 7) is 7.77. The van der Waals surface area contributed by atoms with Crippen LogP contribution in [0.25, 0.3) is 0 Å². The molecule has 0 aliphatic carbocycles. The van der Waals surface area contributed by atoms with Gasteiger partial charge >= 0.3 is 0 Å². The average molecular weight is 238 g/mol. The summed E-state index contributed by atoms with van der Waals surface area (Å²) in [6.07, 6.45) is 1.28. The molecule has 0 aromatic rings. The lowest BCUT2D eigenvalue weighted by Gasteiger charge is -2.38. The van der Waals surface area contributed by atoms with Crippen LogP contribution in [-0.4, -0.2) is 49.1 Å². The summed E-state index contributed by atoms with van der Waals surface area (Å²) < 4.78 is 5.29. The van der Waals surface area contributed by atoms with Crippen molar-refractivity contribution in [3.63, 3.8) is 0 Å². The first kappa shape index (κ1) is 12.1. The second kappa shape index (κ2) is 4.87. The zero-order chi connectivity index (χ0) is 12.4. The van der Waals surface area contributed by atoms with Gasteiger partial charge < -0.3 is 15.0 Å². The van der Waals surface area contributed by atoms with E-state index in [1.165, 1.54) is 6.08 Å². The fourth-order valence-corrected chi connectivity index (χ4v) is 2.10. The van der Waals surface area contributed by atoms with Gasteiger partial charge in [0.2, 0.25) is 11.8 Å². The molecule has 94 valence electrons. The van der Waals surface area contributed by atoms with E-state index in [4.69, 9.17) is 4.74 Å². The zero-order valence-corrected chi connectivity index (χ0v) is 10.0. The lowest BCUT2D eigenvalue weighted by Crippen LogP contribution is -2.57. The van der Waals surface area contributed by atoms with E-state index in [1.807, 2.05) is 0 Å². The number of carbonyl (C=O) groups excluding carboxylic acids is 2. The van der Waals surface area contributed by atoms with Gasteiger partial charge in [-0.3, -0.25) is 9.59 Å². The van der Waals surface area contributed by atoms with E-state index in [0.29, 0.717) is 32.2 Å². The first-order valence-corrected chi connectivity index (χ1v) is 5.91. The van der Waals surface area contributed by atoms with Crippen molar-refractivity contribution in [2.75, 3.05) is 26.3 Å². The van der Waals surface area contributed by atoms with Crippen molar-refractivity contribution in [1.82, 2.24) is 10.2 Å². The highest BCUT2D eigenvalue weighted by molar-refractivity contribution is 5.90. The Morgan fingerprint density at radius 1 is 1.41 bits per heavy atom. The van der Waals surface area contributed by atoms with Crippen molar-refractivity contribution in [1.29, 1.82) is 0 Å². The van der Waals surface area contributed by atoms with Gasteiger partial charge in [-0.05, 0) is 6.08 Å². The maximum Gasteiger partial charge on any atom is 0.246 e. The Labute approximate surface area is 101 Å². The largest absolute Gasteiger partial charge is 0.379 e. The van der Waals surface area contributed by atoms with Crippen LogP contribution in [0.4, 0.5) is 0 Å². The number of hydrogen-bond donors (Lipinski definition) is 1. The van der Waals surface area contributed by atoms with E-state index >= 15 is 0 Å². The smallest absolute Gasteiger partial charge is 0.246 e. The van der Waals surface area contributed by atoms with Gasteiger partial charge in [0.25, 0.3) is 0 Å². The molecule has 2 aliphatic rings. The van der Waals surface area contributed by atoms with Crippen molar-refractivity contribution in [2.24, 2.45) is 11.8 Å². The van der Waals surface area contributed by atoms with Crippen molar-refractivity contribution >= 4 is 11.8 Å². The molecule has 5 heteroatoms. The average Bonchev–Trinajstić information content (AvgIpc) is 2.62. The maximum atomic E-state index is 11.9. The third kappa shape index (κ3) is 2.49. The number of ether oxygens (including phenoxy) is 1. The fraction of sp³-hybridized carbons (Fsp3) is 0.667. The summed E-state index contributed by atoms with van der Waals surface area (Å²) in [5.41, 5.74) is 0. The Kier molecular flexibility index (Phi) is 3.47. The molecule has 0 bridgehead atoms. The van der Waals surface area contributed by atoms with Crippen LogP contribution in [-0.2, 0) is 14.3 Å². The molecule has 17 heavy (non-hydrogen) atoms. The summed E-state index contributed by atoms with van der Waals surface area (Å²) >= 11 is 0. The van der Waals surface area contributed by atoms with E-state index in [1.54, 1.807) is 4.90 Å². The normalized spacial score (nSPS) is 28.6. The predicted molar refractivity (Wildman–Crippen MR) is 62.2 cm³/mol. The molecule has 1 N–H and O–H groups in total. The minimum absolute atomic E-state index is 0.0282. The molecule has 0 saturated carbocycles. The van der Waals surface area contributed by atoms with Gasteiger partial charge in [-0.25, -0.2) is 0 Å². The summed E-state index contributed by atoms with van der Waals surface area (Å²) in [5, 5.41) is 2.98. The SMILES string of the molecule is C=CC(=O)N1CC(C(=O)NC2COCC2C)C1. The standard InChI is InChI=1S/C12H18N2O3/c1-3-11(15)14-4-9(5-14)12(16)13-10-7-17-6-8(10)2/h3,8-10H,1,4-7H2,2H3,(H,13,16). The van der Waals surface area contributed by atoms with Crippen LogP contribution in [0.5, 0.6) is 0 Å². The molecule has 2 fully saturated rings. The first-order chi connectivity index (χ1) is 8.11. The third-order valence-electron chi connectivity index (χ3n) is 3.43. The van der Waals surface area contributed by atoms with Crippen LogP contribution in [0.15, 0.2) is 12.7 Å². The number of carbonyl (C=O) groups is 2. The van der Waals surface area contributed by atoms with E-state index in [0.717, 1.165) is 0 Å². The highest BCUT2D eigenvalue weighted by atomic mass is 16.5. The van der Waals surface area contributed by atoms with Gasteiger partial charge in [0.05, 0.1) is 25.2 Å². The molecular formula is C12H18N2O3. The van der Waals surface area contributed by atoms with E-state index in [9.17, 15) is 9.59 Å². The summed E-state index contributed by atoms with van der Waals surface area (Å²) in [4.78, 5) is 24.7. The van der Waals surface area contributed by atoms with E-state index < -0.39 is 0 Å². The molecule has 5 nitrogen and oxygen atoms in total. The van der Waals surface area contributed by atoms with Crippen molar-refractivity contribution in [2.45, 2.75) is 13.0 Å². The van der Waals surface area contributed by atoms with Crippen LogP contribution in [0, 0.1) is 11.8 Å². The number of nitrogens with one attached hydrogen (secondary N) is 1. The molecule has 2 aliphatic heterocycles. The fourth-order valence-electron chi connectivity index (χ4n) is 2.10. The number of hydrogen-bond acceptors (Lipinski definition) is 3. The second-order valence-electron chi connectivity index (χ2n) is 4.77. The Morgan fingerprint density at radius 3 is 2.65 bits per heavy atom. The highest BCUT2D eigenvalue weighted by Gasteiger charge is 2.36. The Hall–Kier alpha value is -1.36. The van der Waals surface area contributed by atoms with Gasteiger partial charge in [0.15, 0.2) is 0 Å². The lowest BCUT2D eigenvalue weighted by molar-refractivity contribution is -0.139. The van der Waals surface area contributed by atoms with Crippen molar-refractivity contribution in [3.05, 3.63) is 12.7 Å². The number of rotatable bonds is 3. The summed E-state index contributed by atoms with van der Waals surface area (Å²) in [7, 11) is 0. The monoisotopic (exact) mass is 238 g/mol. The van der Waals surface area contributed by atoms with Crippen molar-refractivity contribution < 1.29 is 14.3 Å². The van der Waals surface area contributed by atoms with E-state index in [-0.39, 0.29) is 23.8 Å². The van der Waals surface area contributed by atoms with E-state index in [2.05, 4.69) is 18.8 Å². The molecule has 0 aromatic heterocycles. The van der Waals surface area contributed by atoms with Crippen LogP contribution in [0.3, 0.4) is 0 Å². The van der Waals surface area contributed by atoms with Gasteiger partial charge in [-0.1, -0.05) is 13.5 Å². The quantitative estimate of drug-likeness (QED) is 0.692. The summed E-state index contributed by atoms with van der Waals surface area (Å²) in [5.74, 6) is 0.212. The minimum Gasteiger partial charge on any atom is -0.379 e. The number of nitrogens with zero attached hydrogens (tertiary/aromatic N) is 1. The molecule has 2 rings (SSSR count). The molecule has 0 radical (unpaired) electrons. The van der Waals surface area contributed by atoms with Crippen LogP contribution >= 0.6 is 0 Å². The molecule has 2 atom stereocenters.